The zero-order valence-corrected chi connectivity index (χ0v) is 12.1. The highest BCUT2D eigenvalue weighted by Gasteiger charge is 2.19. The summed E-state index contributed by atoms with van der Waals surface area (Å²) < 4.78 is 11.3. The first-order valence-corrected chi connectivity index (χ1v) is 7.10. The van der Waals surface area contributed by atoms with Gasteiger partial charge in [0.15, 0.2) is 0 Å². The minimum atomic E-state index is 0.150. The third kappa shape index (κ3) is 4.48. The molecule has 2 atom stereocenters. The minimum Gasteiger partial charge on any atom is -0.475 e. The third-order valence-corrected chi connectivity index (χ3v) is 3.26. The second kappa shape index (κ2) is 6.87. The van der Waals surface area contributed by atoms with Gasteiger partial charge >= 0.3 is 0 Å². The highest BCUT2D eigenvalue weighted by atomic mass is 16.5. The number of hydrogen-bond acceptors (Lipinski definition) is 4. The Labute approximate surface area is 115 Å². The monoisotopic (exact) mass is 264 g/mol. The van der Waals surface area contributed by atoms with Crippen molar-refractivity contribution in [3.05, 3.63) is 23.9 Å². The standard InChI is InChI=1S/C15H24N2O2/c1-11(2)19-15-13(5-4-7-16-15)10-17-14-6-8-18-12(3)9-14/h4-5,7,11-12,14,17H,6,8-10H2,1-3H3. The smallest absolute Gasteiger partial charge is 0.218 e. The lowest BCUT2D eigenvalue weighted by atomic mass is 10.0. The first kappa shape index (κ1) is 14.3. The Hall–Kier alpha value is -1.13. The van der Waals surface area contributed by atoms with Crippen molar-refractivity contribution in [1.82, 2.24) is 10.3 Å². The van der Waals surface area contributed by atoms with E-state index in [2.05, 4.69) is 23.3 Å². The molecule has 1 aromatic heterocycles. The molecule has 0 saturated carbocycles. The lowest BCUT2D eigenvalue weighted by Crippen LogP contribution is -2.37. The summed E-state index contributed by atoms with van der Waals surface area (Å²) >= 11 is 0. The van der Waals surface area contributed by atoms with Gasteiger partial charge in [0, 0.05) is 31.0 Å². The van der Waals surface area contributed by atoms with Crippen molar-refractivity contribution in [1.29, 1.82) is 0 Å². The van der Waals surface area contributed by atoms with Crippen molar-refractivity contribution in [2.45, 2.75) is 58.4 Å². The molecule has 1 fully saturated rings. The van der Waals surface area contributed by atoms with Crippen molar-refractivity contribution in [3.8, 4) is 5.88 Å². The predicted octanol–water partition coefficient (Wildman–Crippen LogP) is 2.53. The molecule has 4 heteroatoms. The molecule has 1 aromatic rings. The van der Waals surface area contributed by atoms with E-state index in [1.807, 2.05) is 19.9 Å². The molecule has 0 amide bonds. The molecule has 2 unspecified atom stereocenters. The van der Waals surface area contributed by atoms with Gasteiger partial charge < -0.3 is 14.8 Å². The molecule has 2 rings (SSSR count). The van der Waals surface area contributed by atoms with E-state index in [0.717, 1.165) is 37.4 Å². The molecule has 0 aliphatic carbocycles. The Morgan fingerprint density at radius 3 is 3.11 bits per heavy atom. The van der Waals surface area contributed by atoms with Crippen LogP contribution in [-0.2, 0) is 11.3 Å². The van der Waals surface area contributed by atoms with Crippen LogP contribution < -0.4 is 10.1 Å². The number of nitrogens with zero attached hydrogens (tertiary/aromatic N) is 1. The van der Waals surface area contributed by atoms with Crippen LogP contribution in [0.4, 0.5) is 0 Å². The van der Waals surface area contributed by atoms with Crippen LogP contribution >= 0.6 is 0 Å². The lowest BCUT2D eigenvalue weighted by molar-refractivity contribution is 0.0130. The Morgan fingerprint density at radius 2 is 2.37 bits per heavy atom. The second-order valence-electron chi connectivity index (χ2n) is 5.42. The van der Waals surface area contributed by atoms with Crippen LogP contribution in [0.15, 0.2) is 18.3 Å². The number of hydrogen-bond donors (Lipinski definition) is 1. The summed E-state index contributed by atoms with van der Waals surface area (Å²) in [5, 5.41) is 3.58. The van der Waals surface area contributed by atoms with E-state index < -0.39 is 0 Å². The quantitative estimate of drug-likeness (QED) is 0.887. The fourth-order valence-electron chi connectivity index (χ4n) is 2.33. The molecule has 4 nitrogen and oxygen atoms in total. The van der Waals surface area contributed by atoms with Crippen LogP contribution in [0.1, 0.15) is 39.2 Å². The largest absolute Gasteiger partial charge is 0.475 e. The molecule has 19 heavy (non-hydrogen) atoms. The lowest BCUT2D eigenvalue weighted by Gasteiger charge is -2.28. The van der Waals surface area contributed by atoms with Gasteiger partial charge in [0.05, 0.1) is 12.2 Å². The Kier molecular flexibility index (Phi) is 5.16. The molecule has 1 saturated heterocycles. The van der Waals surface area contributed by atoms with Gasteiger partial charge in [-0.1, -0.05) is 6.07 Å². The minimum absolute atomic E-state index is 0.150. The van der Waals surface area contributed by atoms with Crippen LogP contribution in [0.5, 0.6) is 5.88 Å². The molecular formula is C15H24N2O2. The maximum Gasteiger partial charge on any atom is 0.218 e. The van der Waals surface area contributed by atoms with Gasteiger partial charge in [-0.15, -0.1) is 0 Å². The zero-order valence-electron chi connectivity index (χ0n) is 12.1. The number of rotatable bonds is 5. The molecule has 0 spiro atoms. The van der Waals surface area contributed by atoms with Crippen molar-refractivity contribution in [2.24, 2.45) is 0 Å². The van der Waals surface area contributed by atoms with Gasteiger partial charge in [0.2, 0.25) is 5.88 Å². The average molecular weight is 264 g/mol. The van der Waals surface area contributed by atoms with Crippen LogP contribution in [0.2, 0.25) is 0 Å². The first-order chi connectivity index (χ1) is 9.15. The van der Waals surface area contributed by atoms with Crippen molar-refractivity contribution >= 4 is 0 Å². The number of ether oxygens (including phenoxy) is 2. The van der Waals surface area contributed by atoms with Crippen LogP contribution in [0.25, 0.3) is 0 Å². The van der Waals surface area contributed by atoms with E-state index in [1.54, 1.807) is 6.20 Å². The maximum absolute atomic E-state index is 5.73. The first-order valence-electron chi connectivity index (χ1n) is 7.10. The molecule has 0 radical (unpaired) electrons. The van der Waals surface area contributed by atoms with Gasteiger partial charge in [0.1, 0.15) is 0 Å². The zero-order chi connectivity index (χ0) is 13.7. The number of nitrogens with one attached hydrogen (secondary N) is 1. The molecule has 1 aliphatic rings. The Balaban J connectivity index is 1.91. The van der Waals surface area contributed by atoms with Gasteiger partial charge in [-0.3, -0.25) is 0 Å². The predicted molar refractivity (Wildman–Crippen MR) is 75.3 cm³/mol. The highest BCUT2D eigenvalue weighted by Crippen LogP contribution is 2.18. The highest BCUT2D eigenvalue weighted by molar-refractivity contribution is 5.25. The van der Waals surface area contributed by atoms with E-state index in [0.29, 0.717) is 12.1 Å². The molecule has 0 aromatic carbocycles. The summed E-state index contributed by atoms with van der Waals surface area (Å²) in [6.07, 6.45) is 4.42. The summed E-state index contributed by atoms with van der Waals surface area (Å²) in [7, 11) is 0. The van der Waals surface area contributed by atoms with Gasteiger partial charge in [-0.2, -0.15) is 0 Å². The van der Waals surface area contributed by atoms with Crippen molar-refractivity contribution in [2.75, 3.05) is 6.61 Å². The van der Waals surface area contributed by atoms with E-state index in [1.165, 1.54) is 0 Å². The summed E-state index contributed by atoms with van der Waals surface area (Å²) in [5.41, 5.74) is 1.12. The molecular weight excluding hydrogens is 240 g/mol. The number of aromatic nitrogens is 1. The van der Waals surface area contributed by atoms with Crippen LogP contribution in [-0.4, -0.2) is 29.8 Å². The van der Waals surface area contributed by atoms with E-state index >= 15 is 0 Å². The SMILES string of the molecule is CC(C)Oc1ncccc1CNC1CCOC(C)C1. The average Bonchev–Trinajstić information content (AvgIpc) is 2.37. The molecule has 1 N–H and O–H groups in total. The van der Waals surface area contributed by atoms with E-state index in [-0.39, 0.29) is 6.10 Å². The van der Waals surface area contributed by atoms with Gasteiger partial charge in [0.25, 0.3) is 0 Å². The van der Waals surface area contributed by atoms with Gasteiger partial charge in [-0.25, -0.2) is 4.98 Å². The van der Waals surface area contributed by atoms with E-state index in [9.17, 15) is 0 Å². The number of pyridine rings is 1. The van der Waals surface area contributed by atoms with Crippen LogP contribution in [0.3, 0.4) is 0 Å². The van der Waals surface area contributed by atoms with Crippen molar-refractivity contribution < 1.29 is 9.47 Å². The molecule has 0 bridgehead atoms. The summed E-state index contributed by atoms with van der Waals surface area (Å²) in [6.45, 7) is 7.82. The summed E-state index contributed by atoms with van der Waals surface area (Å²) in [4.78, 5) is 4.31. The summed E-state index contributed by atoms with van der Waals surface area (Å²) in [5.74, 6) is 0.741. The van der Waals surface area contributed by atoms with Gasteiger partial charge in [-0.05, 0) is 39.7 Å². The fourth-order valence-corrected chi connectivity index (χ4v) is 2.33. The normalized spacial score (nSPS) is 23.6. The molecule has 2 heterocycles. The Morgan fingerprint density at radius 1 is 1.53 bits per heavy atom. The van der Waals surface area contributed by atoms with E-state index in [4.69, 9.17) is 9.47 Å². The second-order valence-corrected chi connectivity index (χ2v) is 5.42. The van der Waals surface area contributed by atoms with Crippen LogP contribution in [0, 0.1) is 0 Å². The fraction of sp³-hybridized carbons (Fsp3) is 0.667. The molecule has 106 valence electrons. The maximum atomic E-state index is 5.73. The van der Waals surface area contributed by atoms with Crippen molar-refractivity contribution in [3.63, 3.8) is 0 Å². The summed E-state index contributed by atoms with van der Waals surface area (Å²) in [6, 6.07) is 4.55. The third-order valence-electron chi connectivity index (χ3n) is 3.26. The Bertz CT molecular complexity index is 395. The topological polar surface area (TPSA) is 43.4 Å². The molecule has 1 aliphatic heterocycles.